The van der Waals surface area contributed by atoms with Crippen molar-refractivity contribution in [1.29, 1.82) is 0 Å². The van der Waals surface area contributed by atoms with Gasteiger partial charge in [0.25, 0.3) is 5.91 Å². The predicted molar refractivity (Wildman–Crippen MR) is 114 cm³/mol. The summed E-state index contributed by atoms with van der Waals surface area (Å²) in [5.41, 5.74) is 3.64. The van der Waals surface area contributed by atoms with Crippen LogP contribution in [0.15, 0.2) is 53.1 Å². The SMILES string of the molecule is COc1ccc(NC(=O)c2cc(-c3ccc(CN4CC(C(=O)O)C4)cc3)on2)c(C)c1. The number of anilines is 1. The van der Waals surface area contributed by atoms with Crippen molar-refractivity contribution in [3.05, 3.63) is 65.4 Å². The van der Waals surface area contributed by atoms with E-state index in [0.29, 0.717) is 31.1 Å². The van der Waals surface area contributed by atoms with E-state index in [4.69, 9.17) is 14.4 Å². The molecule has 2 aromatic carbocycles. The van der Waals surface area contributed by atoms with Gasteiger partial charge >= 0.3 is 5.97 Å². The molecule has 3 aromatic rings. The van der Waals surface area contributed by atoms with Crippen molar-refractivity contribution in [1.82, 2.24) is 10.1 Å². The summed E-state index contributed by atoms with van der Waals surface area (Å²) >= 11 is 0. The molecule has 0 spiro atoms. The molecule has 0 radical (unpaired) electrons. The molecule has 160 valence electrons. The summed E-state index contributed by atoms with van der Waals surface area (Å²) in [5.74, 6) is -0.138. The number of aliphatic carboxylic acids is 1. The van der Waals surface area contributed by atoms with Crippen LogP contribution in [0.4, 0.5) is 5.69 Å². The second-order valence-corrected chi connectivity index (χ2v) is 7.64. The van der Waals surface area contributed by atoms with Crippen molar-refractivity contribution in [3.63, 3.8) is 0 Å². The van der Waals surface area contributed by atoms with Gasteiger partial charge in [-0.05, 0) is 36.2 Å². The number of amides is 1. The van der Waals surface area contributed by atoms with Crippen LogP contribution in [0, 0.1) is 12.8 Å². The molecule has 1 fully saturated rings. The molecule has 0 bridgehead atoms. The van der Waals surface area contributed by atoms with Crippen LogP contribution in [-0.2, 0) is 11.3 Å². The maximum absolute atomic E-state index is 12.5. The van der Waals surface area contributed by atoms with Crippen molar-refractivity contribution in [2.24, 2.45) is 5.92 Å². The van der Waals surface area contributed by atoms with E-state index < -0.39 is 5.97 Å². The summed E-state index contributed by atoms with van der Waals surface area (Å²) in [5, 5.41) is 15.7. The van der Waals surface area contributed by atoms with Crippen LogP contribution >= 0.6 is 0 Å². The van der Waals surface area contributed by atoms with Crippen LogP contribution in [0.25, 0.3) is 11.3 Å². The van der Waals surface area contributed by atoms with Crippen molar-refractivity contribution in [3.8, 4) is 17.1 Å². The molecule has 4 rings (SSSR count). The number of nitrogens with zero attached hydrogens (tertiary/aromatic N) is 2. The molecule has 2 N–H and O–H groups in total. The maximum atomic E-state index is 12.5. The van der Waals surface area contributed by atoms with Crippen LogP contribution in [0.2, 0.25) is 0 Å². The van der Waals surface area contributed by atoms with E-state index in [1.807, 2.05) is 37.3 Å². The number of rotatable bonds is 7. The highest BCUT2D eigenvalue weighted by Crippen LogP contribution is 2.25. The van der Waals surface area contributed by atoms with E-state index in [-0.39, 0.29) is 17.5 Å². The van der Waals surface area contributed by atoms with Gasteiger partial charge in [-0.1, -0.05) is 29.4 Å². The Morgan fingerprint density at radius 3 is 2.58 bits per heavy atom. The number of aromatic nitrogens is 1. The zero-order valence-corrected chi connectivity index (χ0v) is 17.3. The molecule has 1 aromatic heterocycles. The Labute approximate surface area is 179 Å². The van der Waals surface area contributed by atoms with Gasteiger partial charge in [-0.2, -0.15) is 0 Å². The van der Waals surface area contributed by atoms with Crippen LogP contribution in [0.5, 0.6) is 5.75 Å². The van der Waals surface area contributed by atoms with Crippen molar-refractivity contribution in [2.75, 3.05) is 25.5 Å². The molecule has 8 heteroatoms. The van der Waals surface area contributed by atoms with Gasteiger partial charge in [-0.3, -0.25) is 14.5 Å². The van der Waals surface area contributed by atoms with E-state index in [0.717, 1.165) is 22.4 Å². The molecule has 2 heterocycles. The lowest BCUT2D eigenvalue weighted by atomic mass is 9.99. The molecule has 1 amide bonds. The molecule has 1 saturated heterocycles. The second kappa shape index (κ2) is 8.61. The predicted octanol–water partition coefficient (Wildman–Crippen LogP) is 3.43. The zero-order chi connectivity index (χ0) is 22.0. The summed E-state index contributed by atoms with van der Waals surface area (Å²) in [6, 6.07) is 14.7. The summed E-state index contributed by atoms with van der Waals surface area (Å²) < 4.78 is 10.5. The molecule has 1 aliphatic heterocycles. The fourth-order valence-corrected chi connectivity index (χ4v) is 3.50. The molecule has 0 saturated carbocycles. The average molecular weight is 421 g/mol. The Morgan fingerprint density at radius 1 is 1.19 bits per heavy atom. The Balaban J connectivity index is 1.38. The number of carbonyl (C=O) groups excluding carboxylic acids is 1. The van der Waals surface area contributed by atoms with Gasteiger partial charge in [0, 0.05) is 37.0 Å². The number of methoxy groups -OCH3 is 1. The first-order valence-electron chi connectivity index (χ1n) is 9.90. The first-order valence-corrected chi connectivity index (χ1v) is 9.90. The number of carboxylic acid groups (broad SMARTS) is 1. The summed E-state index contributed by atoms with van der Waals surface area (Å²) in [6.07, 6.45) is 0. The Morgan fingerprint density at radius 2 is 1.94 bits per heavy atom. The number of hydrogen-bond donors (Lipinski definition) is 2. The first kappa shape index (κ1) is 20.6. The third-order valence-corrected chi connectivity index (χ3v) is 5.38. The lowest BCUT2D eigenvalue weighted by Crippen LogP contribution is -2.49. The Bertz CT molecular complexity index is 1100. The number of likely N-dealkylation sites (tertiary alicyclic amines) is 1. The van der Waals surface area contributed by atoms with E-state index in [1.54, 1.807) is 25.3 Å². The number of hydrogen-bond acceptors (Lipinski definition) is 6. The second-order valence-electron chi connectivity index (χ2n) is 7.64. The molecule has 0 aliphatic carbocycles. The van der Waals surface area contributed by atoms with Gasteiger partial charge in [0.2, 0.25) is 0 Å². The monoisotopic (exact) mass is 421 g/mol. The quantitative estimate of drug-likeness (QED) is 0.602. The molecule has 0 unspecified atom stereocenters. The lowest BCUT2D eigenvalue weighted by Gasteiger charge is -2.36. The Hall–Kier alpha value is -3.65. The van der Waals surface area contributed by atoms with E-state index in [9.17, 15) is 9.59 Å². The molecular formula is C23H23N3O5. The number of aryl methyl sites for hydroxylation is 1. The van der Waals surface area contributed by atoms with Gasteiger partial charge in [-0.15, -0.1) is 0 Å². The number of ether oxygens (including phenoxy) is 1. The van der Waals surface area contributed by atoms with Gasteiger partial charge in [0.1, 0.15) is 5.75 Å². The highest BCUT2D eigenvalue weighted by molar-refractivity contribution is 6.03. The van der Waals surface area contributed by atoms with Crippen LogP contribution in [0.1, 0.15) is 21.6 Å². The summed E-state index contributed by atoms with van der Waals surface area (Å²) in [7, 11) is 1.59. The largest absolute Gasteiger partial charge is 0.497 e. The highest BCUT2D eigenvalue weighted by atomic mass is 16.5. The smallest absolute Gasteiger partial charge is 0.309 e. The summed E-state index contributed by atoms with van der Waals surface area (Å²) in [6.45, 7) is 3.74. The summed E-state index contributed by atoms with van der Waals surface area (Å²) in [4.78, 5) is 25.5. The minimum absolute atomic E-state index is 0.189. The third-order valence-electron chi connectivity index (χ3n) is 5.38. The van der Waals surface area contributed by atoms with Gasteiger partial charge in [0.05, 0.1) is 13.0 Å². The minimum Gasteiger partial charge on any atom is -0.497 e. The van der Waals surface area contributed by atoms with E-state index >= 15 is 0 Å². The number of carbonyl (C=O) groups is 2. The lowest BCUT2D eigenvalue weighted by molar-refractivity contribution is -0.147. The fraction of sp³-hybridized carbons (Fsp3) is 0.261. The molecule has 8 nitrogen and oxygen atoms in total. The molecule has 0 atom stereocenters. The topological polar surface area (TPSA) is 105 Å². The fourth-order valence-electron chi connectivity index (χ4n) is 3.50. The number of nitrogens with one attached hydrogen (secondary N) is 1. The minimum atomic E-state index is -0.737. The normalized spacial score (nSPS) is 14.1. The molecule has 31 heavy (non-hydrogen) atoms. The maximum Gasteiger partial charge on any atom is 0.309 e. The third kappa shape index (κ3) is 4.59. The highest BCUT2D eigenvalue weighted by Gasteiger charge is 2.32. The van der Waals surface area contributed by atoms with Gasteiger partial charge in [0.15, 0.2) is 11.5 Å². The van der Waals surface area contributed by atoms with Crippen LogP contribution < -0.4 is 10.1 Å². The zero-order valence-electron chi connectivity index (χ0n) is 17.3. The number of carboxylic acids is 1. The first-order chi connectivity index (χ1) is 14.9. The number of benzene rings is 2. The Kier molecular flexibility index (Phi) is 5.73. The molecule has 1 aliphatic rings. The van der Waals surface area contributed by atoms with E-state index in [2.05, 4.69) is 15.4 Å². The van der Waals surface area contributed by atoms with Crippen LogP contribution in [0.3, 0.4) is 0 Å². The van der Waals surface area contributed by atoms with Gasteiger partial charge in [-0.25, -0.2) is 0 Å². The van der Waals surface area contributed by atoms with Gasteiger partial charge < -0.3 is 19.7 Å². The molecular weight excluding hydrogens is 398 g/mol. The van der Waals surface area contributed by atoms with Crippen molar-refractivity contribution in [2.45, 2.75) is 13.5 Å². The average Bonchev–Trinajstić information content (AvgIpc) is 3.22. The van der Waals surface area contributed by atoms with Crippen LogP contribution in [-0.4, -0.2) is 47.2 Å². The standard InChI is InChI=1S/C23H23N3O5/c1-14-9-18(30-2)7-8-19(14)24-22(27)20-10-21(31-25-20)16-5-3-15(4-6-16)11-26-12-17(13-26)23(28)29/h3-10,17H,11-13H2,1-2H3,(H,24,27)(H,28,29). The van der Waals surface area contributed by atoms with Crippen molar-refractivity contribution < 1.29 is 24.0 Å². The van der Waals surface area contributed by atoms with E-state index in [1.165, 1.54) is 0 Å². The van der Waals surface area contributed by atoms with Crippen molar-refractivity contribution >= 4 is 17.6 Å².